The predicted molar refractivity (Wildman–Crippen MR) is 77.2 cm³/mol. The van der Waals surface area contributed by atoms with Gasteiger partial charge in [-0.05, 0) is 32.1 Å². The standard InChI is InChI=1S/C11H14Cl2N2O4S/c1-14-3-2-4-15-20(18,19)10-5-7(11(16)17)8(12)6-9(10)13/h5-6,14-15H,2-4H2,1H3,(H,16,17). The third-order valence-electron chi connectivity index (χ3n) is 2.44. The van der Waals surface area contributed by atoms with Crippen LogP contribution in [-0.4, -0.2) is 39.6 Å². The lowest BCUT2D eigenvalue weighted by atomic mass is 10.2. The number of nitrogens with one attached hydrogen (secondary N) is 2. The molecular formula is C11H14Cl2N2O4S. The Labute approximate surface area is 127 Å². The van der Waals surface area contributed by atoms with Crippen molar-refractivity contribution in [3.05, 3.63) is 27.7 Å². The fourth-order valence-corrected chi connectivity index (χ4v) is 3.37. The molecule has 112 valence electrons. The van der Waals surface area contributed by atoms with Crippen molar-refractivity contribution in [1.29, 1.82) is 0 Å². The molecule has 0 unspecified atom stereocenters. The number of benzene rings is 1. The Morgan fingerprint density at radius 3 is 2.45 bits per heavy atom. The lowest BCUT2D eigenvalue weighted by molar-refractivity contribution is 0.0697. The number of hydrogen-bond acceptors (Lipinski definition) is 4. The summed E-state index contributed by atoms with van der Waals surface area (Å²) >= 11 is 11.5. The first-order valence-electron chi connectivity index (χ1n) is 5.66. The van der Waals surface area contributed by atoms with Gasteiger partial charge in [-0.3, -0.25) is 0 Å². The molecule has 0 aromatic heterocycles. The molecule has 0 heterocycles. The van der Waals surface area contributed by atoms with Crippen LogP contribution in [0.15, 0.2) is 17.0 Å². The molecular weight excluding hydrogens is 327 g/mol. The Morgan fingerprint density at radius 1 is 1.25 bits per heavy atom. The fourth-order valence-electron chi connectivity index (χ4n) is 1.45. The normalized spacial score (nSPS) is 11.6. The molecule has 20 heavy (non-hydrogen) atoms. The van der Waals surface area contributed by atoms with Crippen LogP contribution in [0.25, 0.3) is 0 Å². The van der Waals surface area contributed by atoms with Gasteiger partial charge in [0, 0.05) is 6.54 Å². The Morgan fingerprint density at radius 2 is 1.90 bits per heavy atom. The van der Waals surface area contributed by atoms with Crippen molar-refractivity contribution < 1.29 is 18.3 Å². The average molecular weight is 341 g/mol. The Hall–Kier alpha value is -0.860. The van der Waals surface area contributed by atoms with Gasteiger partial charge in [0.25, 0.3) is 0 Å². The number of hydrogen-bond donors (Lipinski definition) is 3. The van der Waals surface area contributed by atoms with Crippen molar-refractivity contribution in [2.75, 3.05) is 20.1 Å². The second kappa shape index (κ2) is 7.24. The number of carboxylic acids is 1. The van der Waals surface area contributed by atoms with Gasteiger partial charge in [-0.2, -0.15) is 0 Å². The summed E-state index contributed by atoms with van der Waals surface area (Å²) in [6, 6.07) is 2.06. The zero-order valence-electron chi connectivity index (χ0n) is 10.6. The van der Waals surface area contributed by atoms with Crippen LogP contribution >= 0.6 is 23.2 Å². The lowest BCUT2D eigenvalue weighted by Gasteiger charge is -2.10. The van der Waals surface area contributed by atoms with E-state index in [0.29, 0.717) is 13.0 Å². The van der Waals surface area contributed by atoms with E-state index < -0.39 is 16.0 Å². The molecule has 1 aromatic rings. The molecule has 3 N–H and O–H groups in total. The minimum Gasteiger partial charge on any atom is -0.478 e. The van der Waals surface area contributed by atoms with Crippen LogP contribution in [-0.2, 0) is 10.0 Å². The monoisotopic (exact) mass is 340 g/mol. The molecule has 1 rings (SSSR count). The molecule has 0 spiro atoms. The minimum absolute atomic E-state index is 0.114. The molecule has 0 bridgehead atoms. The first-order valence-corrected chi connectivity index (χ1v) is 7.90. The van der Waals surface area contributed by atoms with Crippen molar-refractivity contribution in [2.24, 2.45) is 0 Å². The maximum atomic E-state index is 12.1. The van der Waals surface area contributed by atoms with Crippen LogP contribution in [0, 0.1) is 0 Å². The molecule has 0 aliphatic heterocycles. The fraction of sp³-hybridized carbons (Fsp3) is 0.364. The Kier molecular flexibility index (Phi) is 6.22. The third kappa shape index (κ3) is 4.32. The van der Waals surface area contributed by atoms with E-state index in [4.69, 9.17) is 28.3 Å². The maximum Gasteiger partial charge on any atom is 0.337 e. The van der Waals surface area contributed by atoms with Crippen LogP contribution < -0.4 is 10.0 Å². The molecule has 9 heteroatoms. The van der Waals surface area contributed by atoms with Gasteiger partial charge in [-0.1, -0.05) is 23.2 Å². The van der Waals surface area contributed by atoms with Gasteiger partial charge in [0.2, 0.25) is 10.0 Å². The van der Waals surface area contributed by atoms with E-state index in [2.05, 4.69) is 10.0 Å². The molecule has 0 fully saturated rings. The Balaban J connectivity index is 3.05. The van der Waals surface area contributed by atoms with Crippen molar-refractivity contribution >= 4 is 39.2 Å². The van der Waals surface area contributed by atoms with Gasteiger partial charge in [0.1, 0.15) is 4.90 Å². The minimum atomic E-state index is -3.88. The highest BCUT2D eigenvalue weighted by Gasteiger charge is 2.21. The van der Waals surface area contributed by atoms with Crippen molar-refractivity contribution in [2.45, 2.75) is 11.3 Å². The number of sulfonamides is 1. The summed E-state index contributed by atoms with van der Waals surface area (Å²) in [6.45, 7) is 0.863. The average Bonchev–Trinajstić information content (AvgIpc) is 2.33. The summed E-state index contributed by atoms with van der Waals surface area (Å²) in [7, 11) is -2.12. The van der Waals surface area contributed by atoms with Gasteiger partial charge < -0.3 is 10.4 Å². The van der Waals surface area contributed by atoms with Crippen LogP contribution in [0.5, 0.6) is 0 Å². The zero-order chi connectivity index (χ0) is 15.3. The summed E-state index contributed by atoms with van der Waals surface area (Å²) in [5, 5.41) is 11.6. The van der Waals surface area contributed by atoms with E-state index in [1.54, 1.807) is 7.05 Å². The first kappa shape index (κ1) is 17.2. The van der Waals surface area contributed by atoms with Gasteiger partial charge in [-0.15, -0.1) is 0 Å². The lowest BCUT2D eigenvalue weighted by Crippen LogP contribution is -2.27. The molecule has 0 saturated carbocycles. The van der Waals surface area contributed by atoms with Crippen LogP contribution in [0.2, 0.25) is 10.0 Å². The molecule has 0 radical (unpaired) electrons. The topological polar surface area (TPSA) is 95.5 Å². The van der Waals surface area contributed by atoms with Crippen molar-refractivity contribution in [3.8, 4) is 0 Å². The summed E-state index contributed by atoms with van der Waals surface area (Å²) in [6.07, 6.45) is 0.590. The predicted octanol–water partition coefficient (Wildman–Crippen LogP) is 1.58. The highest BCUT2D eigenvalue weighted by atomic mass is 35.5. The van der Waals surface area contributed by atoms with E-state index in [1.165, 1.54) is 0 Å². The Bertz CT molecular complexity index is 605. The van der Waals surface area contributed by atoms with Gasteiger partial charge in [0.15, 0.2) is 0 Å². The van der Waals surface area contributed by atoms with Crippen LogP contribution in [0.4, 0.5) is 0 Å². The molecule has 0 amide bonds. The van der Waals surface area contributed by atoms with Gasteiger partial charge in [0.05, 0.1) is 15.6 Å². The number of halogens is 2. The molecule has 0 aliphatic carbocycles. The van der Waals surface area contributed by atoms with E-state index in [-0.39, 0.29) is 27.0 Å². The highest BCUT2D eigenvalue weighted by molar-refractivity contribution is 7.89. The van der Waals surface area contributed by atoms with Crippen LogP contribution in [0.1, 0.15) is 16.8 Å². The molecule has 0 saturated heterocycles. The number of carboxylic acid groups (broad SMARTS) is 1. The van der Waals surface area contributed by atoms with Crippen LogP contribution in [0.3, 0.4) is 0 Å². The largest absolute Gasteiger partial charge is 0.478 e. The molecule has 0 aliphatic rings. The quantitative estimate of drug-likeness (QED) is 0.655. The second-order valence-corrected chi connectivity index (χ2v) is 6.47. The van der Waals surface area contributed by atoms with Crippen molar-refractivity contribution in [3.63, 3.8) is 0 Å². The molecule has 0 atom stereocenters. The number of carbonyl (C=O) groups is 1. The van der Waals surface area contributed by atoms with E-state index in [0.717, 1.165) is 12.1 Å². The van der Waals surface area contributed by atoms with E-state index in [1.807, 2.05) is 0 Å². The summed E-state index contributed by atoms with van der Waals surface area (Å²) in [5.74, 6) is -1.32. The smallest absolute Gasteiger partial charge is 0.337 e. The zero-order valence-corrected chi connectivity index (χ0v) is 12.9. The number of rotatable bonds is 7. The van der Waals surface area contributed by atoms with Gasteiger partial charge in [-0.25, -0.2) is 17.9 Å². The molecule has 1 aromatic carbocycles. The summed E-state index contributed by atoms with van der Waals surface area (Å²) < 4.78 is 26.4. The van der Waals surface area contributed by atoms with Crippen molar-refractivity contribution in [1.82, 2.24) is 10.0 Å². The van der Waals surface area contributed by atoms with E-state index in [9.17, 15) is 13.2 Å². The summed E-state index contributed by atoms with van der Waals surface area (Å²) in [5.41, 5.74) is -0.313. The third-order valence-corrected chi connectivity index (χ3v) is 4.68. The SMILES string of the molecule is CNCCCNS(=O)(=O)c1cc(C(=O)O)c(Cl)cc1Cl. The van der Waals surface area contributed by atoms with Gasteiger partial charge >= 0.3 is 5.97 Å². The first-order chi connectivity index (χ1) is 9.29. The van der Waals surface area contributed by atoms with E-state index >= 15 is 0 Å². The number of aromatic carboxylic acids is 1. The summed E-state index contributed by atoms with van der Waals surface area (Å²) in [4.78, 5) is 10.7. The molecule has 6 nitrogen and oxygen atoms in total. The second-order valence-electron chi connectivity index (χ2n) is 3.92. The maximum absolute atomic E-state index is 12.1. The highest BCUT2D eigenvalue weighted by Crippen LogP contribution is 2.28.